The fourth-order valence-corrected chi connectivity index (χ4v) is 3.15. The van der Waals surface area contributed by atoms with Gasteiger partial charge in [-0.05, 0) is 26.0 Å². The molecule has 0 aliphatic rings. The average Bonchev–Trinajstić information content (AvgIpc) is 3.20. The molecule has 0 bridgehead atoms. The molecule has 26 heavy (non-hydrogen) atoms. The number of nitrogens with zero attached hydrogens (tertiary/aromatic N) is 2. The molecule has 0 saturated heterocycles. The first-order chi connectivity index (χ1) is 12.3. The van der Waals surface area contributed by atoms with Gasteiger partial charge in [-0.1, -0.05) is 17.3 Å². The molecule has 5 nitrogen and oxygen atoms in total. The van der Waals surface area contributed by atoms with E-state index < -0.39 is 17.6 Å². The number of carbonyl (C=O) groups is 1. The predicted octanol–water partition coefficient (Wildman–Crippen LogP) is 4.36. The van der Waals surface area contributed by atoms with Crippen molar-refractivity contribution in [2.75, 3.05) is 0 Å². The van der Waals surface area contributed by atoms with Gasteiger partial charge >= 0.3 is 6.18 Å². The van der Waals surface area contributed by atoms with E-state index in [1.807, 2.05) is 0 Å². The first-order valence-electron chi connectivity index (χ1n) is 7.59. The number of alkyl halides is 3. The molecule has 2 aromatic heterocycles. The molecule has 0 atom stereocenters. The van der Waals surface area contributed by atoms with Crippen LogP contribution in [0.3, 0.4) is 0 Å². The molecule has 136 valence electrons. The minimum Gasteiger partial charge on any atom is -0.361 e. The van der Waals surface area contributed by atoms with Crippen molar-refractivity contribution in [3.63, 3.8) is 0 Å². The van der Waals surface area contributed by atoms with E-state index in [-0.39, 0.29) is 12.2 Å². The van der Waals surface area contributed by atoms with E-state index in [9.17, 15) is 18.0 Å². The summed E-state index contributed by atoms with van der Waals surface area (Å²) < 4.78 is 43.5. The van der Waals surface area contributed by atoms with Gasteiger partial charge in [0.05, 0.1) is 11.3 Å². The van der Waals surface area contributed by atoms with Crippen LogP contribution in [0.4, 0.5) is 13.2 Å². The monoisotopic (exact) mass is 381 g/mol. The summed E-state index contributed by atoms with van der Waals surface area (Å²) in [4.78, 5) is 16.4. The highest BCUT2D eigenvalue weighted by atomic mass is 32.1. The summed E-state index contributed by atoms with van der Waals surface area (Å²) in [5.74, 6) is 0.199. The molecule has 1 amide bonds. The second-order valence-electron chi connectivity index (χ2n) is 5.60. The Morgan fingerprint density at radius 1 is 1.31 bits per heavy atom. The summed E-state index contributed by atoms with van der Waals surface area (Å²) in [6.45, 7) is 3.75. The third-order valence-corrected chi connectivity index (χ3v) is 4.67. The van der Waals surface area contributed by atoms with E-state index in [4.69, 9.17) is 4.52 Å². The van der Waals surface area contributed by atoms with Crippen molar-refractivity contribution in [3.05, 3.63) is 57.9 Å². The van der Waals surface area contributed by atoms with Crippen LogP contribution >= 0.6 is 11.3 Å². The van der Waals surface area contributed by atoms with Crippen LogP contribution in [-0.4, -0.2) is 16.0 Å². The topological polar surface area (TPSA) is 68.0 Å². The van der Waals surface area contributed by atoms with Crippen LogP contribution in [0.1, 0.15) is 33.1 Å². The lowest BCUT2D eigenvalue weighted by atomic mass is 10.1. The summed E-state index contributed by atoms with van der Waals surface area (Å²) in [7, 11) is 0. The van der Waals surface area contributed by atoms with E-state index in [2.05, 4.69) is 15.5 Å². The summed E-state index contributed by atoms with van der Waals surface area (Å²) in [6.07, 6.45) is -4.43. The standard InChI is InChI=1S/C17H14F3N3O2S/c1-9-13(10(2)25-23-9)7-21-15(24)14-8-26-16(22-14)11-4-3-5-12(6-11)17(18,19)20/h3-6,8H,7H2,1-2H3,(H,21,24). The minimum atomic E-state index is -4.43. The Morgan fingerprint density at radius 3 is 2.73 bits per heavy atom. The number of aromatic nitrogens is 2. The van der Waals surface area contributed by atoms with Crippen LogP contribution in [0, 0.1) is 13.8 Å². The largest absolute Gasteiger partial charge is 0.416 e. The van der Waals surface area contributed by atoms with E-state index >= 15 is 0 Å². The Hall–Kier alpha value is -2.68. The number of hydrogen-bond donors (Lipinski definition) is 1. The van der Waals surface area contributed by atoms with Crippen LogP contribution in [0.2, 0.25) is 0 Å². The highest BCUT2D eigenvalue weighted by Crippen LogP contribution is 2.33. The Bertz CT molecular complexity index is 927. The van der Waals surface area contributed by atoms with Gasteiger partial charge < -0.3 is 9.84 Å². The molecule has 0 spiro atoms. The van der Waals surface area contributed by atoms with Crippen molar-refractivity contribution in [1.29, 1.82) is 0 Å². The normalized spacial score (nSPS) is 11.6. The van der Waals surface area contributed by atoms with Gasteiger partial charge in [0.1, 0.15) is 16.5 Å². The lowest BCUT2D eigenvalue weighted by Crippen LogP contribution is -2.23. The number of thiazole rings is 1. The Labute approximate surface area is 150 Å². The van der Waals surface area contributed by atoms with Gasteiger partial charge in [0, 0.05) is 23.1 Å². The first kappa shape index (κ1) is 18.1. The van der Waals surface area contributed by atoms with Crippen LogP contribution in [0.15, 0.2) is 34.2 Å². The zero-order chi connectivity index (χ0) is 18.9. The number of nitrogens with one attached hydrogen (secondary N) is 1. The maximum atomic E-state index is 12.8. The minimum absolute atomic E-state index is 0.147. The number of halogens is 3. The molecule has 0 fully saturated rings. The highest BCUT2D eigenvalue weighted by Gasteiger charge is 2.30. The molecule has 0 aliphatic carbocycles. The van der Waals surface area contributed by atoms with Crippen molar-refractivity contribution < 1.29 is 22.5 Å². The van der Waals surface area contributed by atoms with E-state index in [0.717, 1.165) is 29.0 Å². The third kappa shape index (κ3) is 3.77. The van der Waals surface area contributed by atoms with E-state index in [0.29, 0.717) is 22.0 Å². The molecular formula is C17H14F3N3O2S. The van der Waals surface area contributed by atoms with E-state index in [1.54, 1.807) is 13.8 Å². The van der Waals surface area contributed by atoms with Gasteiger partial charge in [-0.25, -0.2) is 4.98 Å². The summed E-state index contributed by atoms with van der Waals surface area (Å²) in [5.41, 5.74) is 1.18. The van der Waals surface area contributed by atoms with Crippen molar-refractivity contribution in [1.82, 2.24) is 15.5 Å². The lowest BCUT2D eigenvalue weighted by molar-refractivity contribution is -0.137. The molecular weight excluding hydrogens is 367 g/mol. The van der Waals surface area contributed by atoms with Gasteiger partial charge in [-0.15, -0.1) is 11.3 Å². The predicted molar refractivity (Wildman–Crippen MR) is 89.7 cm³/mol. The quantitative estimate of drug-likeness (QED) is 0.729. The molecule has 0 unspecified atom stereocenters. The Balaban J connectivity index is 1.74. The fraction of sp³-hybridized carbons (Fsp3) is 0.235. The molecule has 1 N–H and O–H groups in total. The van der Waals surface area contributed by atoms with Crippen LogP contribution < -0.4 is 5.32 Å². The van der Waals surface area contributed by atoms with E-state index in [1.165, 1.54) is 17.5 Å². The molecule has 0 aliphatic heterocycles. The summed E-state index contributed by atoms with van der Waals surface area (Å²) in [5, 5.41) is 8.37. The second-order valence-corrected chi connectivity index (χ2v) is 6.46. The van der Waals surface area contributed by atoms with Crippen molar-refractivity contribution >= 4 is 17.2 Å². The van der Waals surface area contributed by atoms with Gasteiger partial charge in [0.15, 0.2) is 0 Å². The van der Waals surface area contributed by atoms with Crippen molar-refractivity contribution in [2.24, 2.45) is 0 Å². The van der Waals surface area contributed by atoms with Crippen molar-refractivity contribution in [3.8, 4) is 10.6 Å². The Morgan fingerprint density at radius 2 is 2.08 bits per heavy atom. The number of aryl methyl sites for hydroxylation is 2. The molecule has 2 heterocycles. The zero-order valence-electron chi connectivity index (χ0n) is 13.8. The van der Waals surface area contributed by atoms with Crippen LogP contribution in [-0.2, 0) is 12.7 Å². The zero-order valence-corrected chi connectivity index (χ0v) is 14.7. The van der Waals surface area contributed by atoms with Crippen molar-refractivity contribution in [2.45, 2.75) is 26.6 Å². The number of hydrogen-bond acceptors (Lipinski definition) is 5. The smallest absolute Gasteiger partial charge is 0.361 e. The fourth-order valence-electron chi connectivity index (χ4n) is 2.35. The number of benzene rings is 1. The molecule has 0 saturated carbocycles. The summed E-state index contributed by atoms with van der Waals surface area (Å²) in [6, 6.07) is 4.86. The van der Waals surface area contributed by atoms with Gasteiger partial charge in [0.2, 0.25) is 0 Å². The molecule has 3 aromatic rings. The van der Waals surface area contributed by atoms with Crippen LogP contribution in [0.25, 0.3) is 10.6 Å². The second kappa shape index (κ2) is 6.91. The molecule has 1 aromatic carbocycles. The van der Waals surface area contributed by atoms with Crippen LogP contribution in [0.5, 0.6) is 0 Å². The Kier molecular flexibility index (Phi) is 4.82. The molecule has 0 radical (unpaired) electrons. The summed E-state index contributed by atoms with van der Waals surface area (Å²) >= 11 is 1.11. The van der Waals surface area contributed by atoms with Gasteiger partial charge in [0.25, 0.3) is 5.91 Å². The lowest BCUT2D eigenvalue weighted by Gasteiger charge is -2.07. The number of rotatable bonds is 4. The maximum absolute atomic E-state index is 12.8. The van der Waals surface area contributed by atoms with Gasteiger partial charge in [-0.2, -0.15) is 13.2 Å². The third-order valence-electron chi connectivity index (χ3n) is 3.78. The molecule has 3 rings (SSSR count). The molecule has 9 heteroatoms. The average molecular weight is 381 g/mol. The highest BCUT2D eigenvalue weighted by molar-refractivity contribution is 7.13. The maximum Gasteiger partial charge on any atom is 0.416 e. The number of amides is 1. The SMILES string of the molecule is Cc1noc(C)c1CNC(=O)c1csc(-c2cccc(C(F)(F)F)c2)n1. The first-order valence-corrected chi connectivity index (χ1v) is 8.47. The number of carbonyl (C=O) groups excluding carboxylic acids is 1. The van der Waals surface area contributed by atoms with Gasteiger partial charge in [-0.3, -0.25) is 4.79 Å².